The van der Waals surface area contributed by atoms with Crippen LogP contribution in [0.1, 0.15) is 10.4 Å². The molecule has 0 aliphatic heterocycles. The van der Waals surface area contributed by atoms with Crippen molar-refractivity contribution in [1.29, 1.82) is 0 Å². The van der Waals surface area contributed by atoms with Crippen LogP contribution in [-0.4, -0.2) is 16.1 Å². The van der Waals surface area contributed by atoms with Gasteiger partial charge in [0.1, 0.15) is 0 Å². The minimum atomic E-state index is -1.04. The second-order valence-electron chi connectivity index (χ2n) is 3.03. The summed E-state index contributed by atoms with van der Waals surface area (Å²) in [6.45, 7) is 0. The third kappa shape index (κ3) is 1.55. The number of nitrogen functional groups attached to an aromatic ring is 1. The van der Waals surface area contributed by atoms with Crippen molar-refractivity contribution in [3.63, 3.8) is 0 Å². The third-order valence-corrected chi connectivity index (χ3v) is 2.73. The smallest absolute Gasteiger partial charge is 0.338 e. The summed E-state index contributed by atoms with van der Waals surface area (Å²) in [7, 11) is 0. The van der Waals surface area contributed by atoms with E-state index in [4.69, 9.17) is 10.8 Å². The number of rotatable bonds is 1. The molecule has 1 aromatic heterocycles. The van der Waals surface area contributed by atoms with Crippen LogP contribution in [0.3, 0.4) is 0 Å². The molecule has 3 N–H and O–H groups in total. The molecule has 0 saturated carbocycles. The van der Waals surface area contributed by atoms with Crippen LogP contribution in [0.25, 0.3) is 10.9 Å². The Morgan fingerprint density at radius 3 is 2.87 bits per heavy atom. The summed E-state index contributed by atoms with van der Waals surface area (Å²) in [6.07, 6.45) is 1.36. The monoisotopic (exact) mass is 266 g/mol. The van der Waals surface area contributed by atoms with E-state index < -0.39 is 5.97 Å². The van der Waals surface area contributed by atoms with E-state index in [1.807, 2.05) is 0 Å². The number of aromatic nitrogens is 1. The van der Waals surface area contributed by atoms with E-state index in [0.717, 1.165) is 4.47 Å². The maximum absolute atomic E-state index is 11.0. The highest BCUT2D eigenvalue weighted by atomic mass is 79.9. The molecule has 0 bridgehead atoms. The zero-order chi connectivity index (χ0) is 11.0. The lowest BCUT2D eigenvalue weighted by molar-refractivity contribution is 0.0700. The van der Waals surface area contributed by atoms with Gasteiger partial charge in [0.2, 0.25) is 0 Å². The van der Waals surface area contributed by atoms with Gasteiger partial charge in [0, 0.05) is 9.86 Å². The van der Waals surface area contributed by atoms with Crippen molar-refractivity contribution in [2.24, 2.45) is 0 Å². The standard InChI is InChI=1S/C10H7BrN2O2/c11-6-3-1-2-5-8(10(14)15)7(12)4-13-9(5)6/h1-4H,12H2,(H,14,15). The Kier molecular flexibility index (Phi) is 2.32. The molecule has 2 aromatic rings. The minimum absolute atomic E-state index is 0.0984. The number of anilines is 1. The van der Waals surface area contributed by atoms with Gasteiger partial charge in [-0.15, -0.1) is 0 Å². The Morgan fingerprint density at radius 1 is 1.47 bits per heavy atom. The van der Waals surface area contributed by atoms with Crippen LogP contribution in [0.4, 0.5) is 5.69 Å². The molecule has 15 heavy (non-hydrogen) atoms. The molecule has 4 nitrogen and oxygen atoms in total. The molecule has 0 atom stereocenters. The number of halogens is 1. The first-order valence-electron chi connectivity index (χ1n) is 4.17. The van der Waals surface area contributed by atoms with E-state index in [0.29, 0.717) is 10.9 Å². The Balaban J connectivity index is 2.94. The number of fused-ring (bicyclic) bond motifs is 1. The maximum atomic E-state index is 11.0. The lowest BCUT2D eigenvalue weighted by atomic mass is 10.1. The molecule has 5 heteroatoms. The average Bonchev–Trinajstić information content (AvgIpc) is 2.17. The number of nitrogens with zero attached hydrogens (tertiary/aromatic N) is 1. The maximum Gasteiger partial charge on any atom is 0.338 e. The lowest BCUT2D eigenvalue weighted by Gasteiger charge is -2.05. The highest BCUT2D eigenvalue weighted by molar-refractivity contribution is 9.10. The summed E-state index contributed by atoms with van der Waals surface area (Å²) in [6, 6.07) is 5.24. The Morgan fingerprint density at radius 2 is 2.20 bits per heavy atom. The lowest BCUT2D eigenvalue weighted by Crippen LogP contribution is -2.04. The predicted octanol–water partition coefficient (Wildman–Crippen LogP) is 2.28. The number of carboxylic acids is 1. The van der Waals surface area contributed by atoms with Gasteiger partial charge in [0.25, 0.3) is 0 Å². The van der Waals surface area contributed by atoms with E-state index in [1.54, 1.807) is 18.2 Å². The van der Waals surface area contributed by atoms with Crippen molar-refractivity contribution >= 4 is 38.5 Å². The van der Waals surface area contributed by atoms with Gasteiger partial charge < -0.3 is 10.8 Å². The summed E-state index contributed by atoms with van der Waals surface area (Å²) < 4.78 is 0.752. The number of carbonyl (C=O) groups is 1. The SMILES string of the molecule is Nc1cnc2c(Br)cccc2c1C(=O)O. The van der Waals surface area contributed by atoms with Crippen LogP contribution < -0.4 is 5.73 Å². The fraction of sp³-hybridized carbons (Fsp3) is 0. The predicted molar refractivity (Wildman–Crippen MR) is 60.8 cm³/mol. The molecule has 0 spiro atoms. The van der Waals surface area contributed by atoms with Gasteiger partial charge in [-0.25, -0.2) is 4.79 Å². The van der Waals surface area contributed by atoms with Gasteiger partial charge in [-0.3, -0.25) is 4.98 Å². The highest BCUT2D eigenvalue weighted by Gasteiger charge is 2.14. The number of benzene rings is 1. The van der Waals surface area contributed by atoms with Crippen molar-refractivity contribution in [2.45, 2.75) is 0 Å². The second kappa shape index (κ2) is 3.51. The van der Waals surface area contributed by atoms with Gasteiger partial charge in [0.15, 0.2) is 0 Å². The molecule has 76 valence electrons. The Labute approximate surface area is 93.9 Å². The van der Waals surface area contributed by atoms with Gasteiger partial charge in [0.05, 0.1) is 23.0 Å². The molecular weight excluding hydrogens is 260 g/mol. The Bertz CT molecular complexity index is 554. The minimum Gasteiger partial charge on any atom is -0.478 e. The molecule has 1 aromatic carbocycles. The molecule has 0 saturated heterocycles. The van der Waals surface area contributed by atoms with Gasteiger partial charge in [-0.2, -0.15) is 0 Å². The van der Waals surface area contributed by atoms with Crippen molar-refractivity contribution in [3.05, 3.63) is 34.4 Å². The summed E-state index contributed by atoms with van der Waals surface area (Å²) in [4.78, 5) is 15.1. The number of nitrogens with two attached hydrogens (primary N) is 1. The van der Waals surface area contributed by atoms with Crippen molar-refractivity contribution in [1.82, 2.24) is 4.98 Å². The molecule has 0 amide bonds. The quantitative estimate of drug-likeness (QED) is 0.831. The largest absolute Gasteiger partial charge is 0.478 e. The molecule has 0 fully saturated rings. The van der Waals surface area contributed by atoms with Crippen molar-refractivity contribution < 1.29 is 9.90 Å². The number of carboxylic acid groups (broad SMARTS) is 1. The van der Waals surface area contributed by atoms with E-state index in [1.165, 1.54) is 6.20 Å². The first-order chi connectivity index (χ1) is 7.11. The molecule has 0 radical (unpaired) electrons. The van der Waals surface area contributed by atoms with Gasteiger partial charge >= 0.3 is 5.97 Å². The van der Waals surface area contributed by atoms with Crippen molar-refractivity contribution in [3.8, 4) is 0 Å². The average molecular weight is 267 g/mol. The summed E-state index contributed by atoms with van der Waals surface area (Å²) in [5.41, 5.74) is 6.45. The van der Waals surface area contributed by atoms with Crippen LogP contribution in [-0.2, 0) is 0 Å². The summed E-state index contributed by atoms with van der Waals surface area (Å²) >= 11 is 3.31. The van der Waals surface area contributed by atoms with Crippen molar-refractivity contribution in [2.75, 3.05) is 5.73 Å². The van der Waals surface area contributed by atoms with E-state index in [9.17, 15) is 4.79 Å². The number of hydrogen-bond acceptors (Lipinski definition) is 3. The molecule has 2 rings (SSSR count). The Hall–Kier alpha value is -1.62. The number of pyridine rings is 1. The van der Waals surface area contributed by atoms with Crippen LogP contribution in [0.5, 0.6) is 0 Å². The molecule has 0 aliphatic rings. The van der Waals surface area contributed by atoms with Gasteiger partial charge in [-0.1, -0.05) is 12.1 Å². The van der Waals surface area contributed by atoms with E-state index in [-0.39, 0.29) is 11.3 Å². The van der Waals surface area contributed by atoms with E-state index >= 15 is 0 Å². The molecular formula is C10H7BrN2O2. The van der Waals surface area contributed by atoms with Crippen LogP contribution in [0, 0.1) is 0 Å². The summed E-state index contributed by atoms with van der Waals surface area (Å²) in [5.74, 6) is -1.04. The molecule has 0 aliphatic carbocycles. The fourth-order valence-corrected chi connectivity index (χ4v) is 1.91. The molecule has 0 unspecified atom stereocenters. The number of para-hydroxylation sites is 1. The highest BCUT2D eigenvalue weighted by Crippen LogP contribution is 2.27. The van der Waals surface area contributed by atoms with E-state index in [2.05, 4.69) is 20.9 Å². The first kappa shape index (κ1) is 9.92. The zero-order valence-corrected chi connectivity index (χ0v) is 9.15. The molecule has 1 heterocycles. The van der Waals surface area contributed by atoms with Crippen LogP contribution in [0.15, 0.2) is 28.9 Å². The zero-order valence-electron chi connectivity index (χ0n) is 7.57. The van der Waals surface area contributed by atoms with Gasteiger partial charge in [-0.05, 0) is 22.0 Å². The van der Waals surface area contributed by atoms with Crippen LogP contribution in [0.2, 0.25) is 0 Å². The first-order valence-corrected chi connectivity index (χ1v) is 4.96. The number of aromatic carboxylic acids is 1. The topological polar surface area (TPSA) is 76.2 Å². The third-order valence-electron chi connectivity index (χ3n) is 2.09. The normalized spacial score (nSPS) is 10.5. The fourth-order valence-electron chi connectivity index (χ4n) is 1.44. The summed E-state index contributed by atoms with van der Waals surface area (Å²) in [5, 5.41) is 9.57. The second-order valence-corrected chi connectivity index (χ2v) is 3.88. The van der Waals surface area contributed by atoms with Crippen LogP contribution >= 0.6 is 15.9 Å². The number of hydrogen-bond donors (Lipinski definition) is 2.